The molecule has 0 bridgehead atoms. The summed E-state index contributed by atoms with van der Waals surface area (Å²) in [6.07, 6.45) is 1.68. The second-order valence-electron chi connectivity index (χ2n) is 14.0. The van der Waals surface area contributed by atoms with Crippen LogP contribution in [-0.2, 0) is 12.8 Å². The molecule has 0 unspecified atom stereocenters. The van der Waals surface area contributed by atoms with E-state index in [1.54, 1.807) is 0 Å². The predicted octanol–water partition coefficient (Wildman–Crippen LogP) is 12.5. The molecular formula is C51H35N3. The van der Waals surface area contributed by atoms with Crippen molar-refractivity contribution in [2.75, 3.05) is 0 Å². The molecule has 9 aromatic rings. The number of nitrogens with zero attached hydrogens (tertiary/aromatic N) is 3. The van der Waals surface area contributed by atoms with Gasteiger partial charge in [0.15, 0.2) is 17.5 Å². The Labute approximate surface area is 315 Å². The van der Waals surface area contributed by atoms with Crippen LogP contribution in [0.25, 0.3) is 78.3 Å². The zero-order chi connectivity index (χ0) is 35.8. The van der Waals surface area contributed by atoms with Crippen LogP contribution in [0.1, 0.15) is 22.3 Å². The fourth-order valence-electron chi connectivity index (χ4n) is 8.01. The van der Waals surface area contributed by atoms with E-state index in [9.17, 15) is 0 Å². The first-order valence-corrected chi connectivity index (χ1v) is 18.5. The van der Waals surface area contributed by atoms with Gasteiger partial charge in [0, 0.05) is 16.7 Å². The van der Waals surface area contributed by atoms with Crippen molar-refractivity contribution in [2.24, 2.45) is 0 Å². The maximum atomic E-state index is 4.95. The van der Waals surface area contributed by atoms with E-state index >= 15 is 0 Å². The molecule has 0 spiro atoms. The second-order valence-corrected chi connectivity index (χ2v) is 14.0. The quantitative estimate of drug-likeness (QED) is 0.185. The largest absolute Gasteiger partial charge is 0.208 e. The molecule has 0 N–H and O–H groups in total. The molecule has 3 heteroatoms. The maximum absolute atomic E-state index is 4.95. The third-order valence-electron chi connectivity index (χ3n) is 10.6. The molecule has 0 amide bonds. The van der Waals surface area contributed by atoms with E-state index in [2.05, 4.69) is 127 Å². The zero-order valence-corrected chi connectivity index (χ0v) is 29.7. The Balaban J connectivity index is 1.08. The van der Waals surface area contributed by atoms with Gasteiger partial charge in [-0.1, -0.05) is 188 Å². The number of rotatable bonds is 4. The fourth-order valence-corrected chi connectivity index (χ4v) is 8.01. The summed E-state index contributed by atoms with van der Waals surface area (Å²) in [6, 6.07) is 67.2. The molecule has 8 aromatic carbocycles. The number of benzene rings is 8. The minimum absolute atomic E-state index is 0.653. The van der Waals surface area contributed by atoms with Crippen molar-refractivity contribution in [3.63, 3.8) is 0 Å². The predicted molar refractivity (Wildman–Crippen MR) is 222 cm³/mol. The van der Waals surface area contributed by atoms with Crippen molar-refractivity contribution in [2.45, 2.75) is 12.8 Å². The molecule has 0 atom stereocenters. The van der Waals surface area contributed by atoms with Crippen LogP contribution in [0, 0.1) is 0 Å². The van der Waals surface area contributed by atoms with Crippen molar-refractivity contribution in [3.05, 3.63) is 210 Å². The van der Waals surface area contributed by atoms with Crippen LogP contribution in [0.15, 0.2) is 188 Å². The smallest absolute Gasteiger partial charge is 0.164 e. The highest BCUT2D eigenvalue weighted by atomic mass is 15.0. The van der Waals surface area contributed by atoms with Gasteiger partial charge in [0.1, 0.15) is 0 Å². The van der Waals surface area contributed by atoms with Gasteiger partial charge in [-0.05, 0) is 79.2 Å². The normalized spacial score (nSPS) is 11.9. The lowest BCUT2D eigenvalue weighted by molar-refractivity contribution is 1.07. The Morgan fingerprint density at radius 1 is 0.278 bits per heavy atom. The molecule has 1 aromatic heterocycles. The van der Waals surface area contributed by atoms with Gasteiger partial charge in [-0.3, -0.25) is 0 Å². The standard InChI is InChI=1S/C51H35N3/c1-3-13-36(14-4-1)49-52-50(37-15-5-2-6-16-37)54-51(53-49)38-27-25-34(26-28-38)39-29-30-46-43(31-39)33-41-18-8-10-23-45(41)47-24-12-20-35-19-11-21-42(48(35)47)32-40-17-7-9-22-44(40)46/h1-31H,32-33H2. The molecule has 0 aliphatic heterocycles. The molecule has 0 fully saturated rings. The zero-order valence-electron chi connectivity index (χ0n) is 29.7. The van der Waals surface area contributed by atoms with Gasteiger partial charge in [0.2, 0.25) is 0 Å². The third-order valence-corrected chi connectivity index (χ3v) is 10.6. The summed E-state index contributed by atoms with van der Waals surface area (Å²) in [5.74, 6) is 1.97. The maximum Gasteiger partial charge on any atom is 0.164 e. The summed E-state index contributed by atoms with van der Waals surface area (Å²) in [7, 11) is 0. The van der Waals surface area contributed by atoms with E-state index in [4.69, 9.17) is 15.0 Å². The average Bonchev–Trinajstić information content (AvgIpc) is 3.26. The lowest BCUT2D eigenvalue weighted by Crippen LogP contribution is -2.00. The summed E-state index contributed by atoms with van der Waals surface area (Å²) < 4.78 is 0. The minimum Gasteiger partial charge on any atom is -0.208 e. The van der Waals surface area contributed by atoms with E-state index < -0.39 is 0 Å². The Morgan fingerprint density at radius 3 is 1.33 bits per heavy atom. The van der Waals surface area contributed by atoms with Crippen LogP contribution >= 0.6 is 0 Å². The van der Waals surface area contributed by atoms with Crippen molar-refractivity contribution in [1.29, 1.82) is 0 Å². The molecule has 54 heavy (non-hydrogen) atoms. The van der Waals surface area contributed by atoms with Crippen LogP contribution in [0.2, 0.25) is 0 Å². The molecule has 0 saturated heterocycles. The van der Waals surface area contributed by atoms with Gasteiger partial charge in [-0.25, -0.2) is 15.0 Å². The van der Waals surface area contributed by atoms with Gasteiger partial charge in [0.25, 0.3) is 0 Å². The fraction of sp³-hybridized carbons (Fsp3) is 0.0392. The highest BCUT2D eigenvalue weighted by molar-refractivity contribution is 6.00. The van der Waals surface area contributed by atoms with E-state index in [1.807, 2.05) is 60.7 Å². The van der Waals surface area contributed by atoms with E-state index in [0.29, 0.717) is 17.5 Å². The summed E-state index contributed by atoms with van der Waals surface area (Å²) in [6.45, 7) is 0. The lowest BCUT2D eigenvalue weighted by Gasteiger charge is -2.17. The van der Waals surface area contributed by atoms with Crippen molar-refractivity contribution >= 4 is 10.8 Å². The van der Waals surface area contributed by atoms with Gasteiger partial charge < -0.3 is 0 Å². The van der Waals surface area contributed by atoms with Gasteiger partial charge in [-0.15, -0.1) is 0 Å². The van der Waals surface area contributed by atoms with Crippen LogP contribution in [0.3, 0.4) is 0 Å². The van der Waals surface area contributed by atoms with E-state index in [1.165, 1.54) is 60.8 Å². The topological polar surface area (TPSA) is 38.7 Å². The third kappa shape index (κ3) is 5.86. The van der Waals surface area contributed by atoms with Crippen molar-refractivity contribution in [1.82, 2.24) is 15.0 Å². The Morgan fingerprint density at radius 2 is 0.704 bits per heavy atom. The summed E-state index contributed by atoms with van der Waals surface area (Å²) in [4.78, 5) is 14.8. The van der Waals surface area contributed by atoms with Crippen molar-refractivity contribution < 1.29 is 0 Å². The number of hydrogen-bond acceptors (Lipinski definition) is 3. The first-order chi connectivity index (χ1) is 26.7. The van der Waals surface area contributed by atoms with Gasteiger partial charge in [0.05, 0.1) is 0 Å². The molecule has 10 rings (SSSR count). The molecule has 1 heterocycles. The van der Waals surface area contributed by atoms with Crippen LogP contribution in [-0.4, -0.2) is 15.0 Å². The van der Waals surface area contributed by atoms with Crippen LogP contribution in [0.4, 0.5) is 0 Å². The minimum atomic E-state index is 0.653. The lowest BCUT2D eigenvalue weighted by atomic mass is 9.87. The highest BCUT2D eigenvalue weighted by Crippen LogP contribution is 2.40. The molecular weight excluding hydrogens is 655 g/mol. The Bertz CT molecular complexity index is 2740. The van der Waals surface area contributed by atoms with Gasteiger partial charge in [-0.2, -0.15) is 0 Å². The molecule has 0 saturated carbocycles. The number of aromatic nitrogens is 3. The van der Waals surface area contributed by atoms with E-state index in [-0.39, 0.29) is 0 Å². The first kappa shape index (κ1) is 31.7. The van der Waals surface area contributed by atoms with Crippen molar-refractivity contribution in [3.8, 4) is 67.5 Å². The SMILES string of the molecule is c1ccc(-c2nc(-c3ccccc3)nc(-c3ccc(-c4ccc5c(c4)Cc4ccccc4-c4cccc6cccc(c46)Cc4ccccc4-5)cc3)n2)cc1. The van der Waals surface area contributed by atoms with Crippen LogP contribution in [0.5, 0.6) is 0 Å². The Kier molecular flexibility index (Phi) is 7.96. The van der Waals surface area contributed by atoms with E-state index in [0.717, 1.165) is 35.1 Å². The number of fused-ring (bicyclic) bond motifs is 5. The molecule has 254 valence electrons. The molecule has 3 nitrogen and oxygen atoms in total. The highest BCUT2D eigenvalue weighted by Gasteiger charge is 2.19. The van der Waals surface area contributed by atoms with Crippen LogP contribution < -0.4 is 0 Å². The second kappa shape index (κ2) is 13.5. The first-order valence-electron chi connectivity index (χ1n) is 18.5. The molecule has 1 aliphatic carbocycles. The molecule has 0 radical (unpaired) electrons. The Hall–Kier alpha value is -6.97. The summed E-state index contributed by atoms with van der Waals surface area (Å²) in [5.41, 5.74) is 15.7. The van der Waals surface area contributed by atoms with Gasteiger partial charge >= 0.3 is 0 Å². The summed E-state index contributed by atoms with van der Waals surface area (Å²) in [5, 5.41) is 2.63. The number of hydrogen-bond donors (Lipinski definition) is 0. The molecule has 1 aliphatic rings. The summed E-state index contributed by atoms with van der Waals surface area (Å²) >= 11 is 0. The average molecular weight is 690 g/mol. The monoisotopic (exact) mass is 689 g/mol.